The van der Waals surface area contributed by atoms with Crippen molar-refractivity contribution in [3.63, 3.8) is 0 Å². The van der Waals surface area contributed by atoms with Crippen LogP contribution in [0.2, 0.25) is 0 Å². The molecule has 2 aromatic carbocycles. The average molecular weight is 427 g/mol. The van der Waals surface area contributed by atoms with Gasteiger partial charge < -0.3 is 24.6 Å². The first kappa shape index (κ1) is 21.0. The van der Waals surface area contributed by atoms with Gasteiger partial charge in [0.15, 0.2) is 0 Å². The number of carbonyl (C=O) groups excluding carboxylic acids is 2. The zero-order valence-electron chi connectivity index (χ0n) is 17.6. The van der Waals surface area contributed by atoms with E-state index in [4.69, 9.17) is 9.47 Å². The molecule has 8 heteroatoms. The number of urea groups is 1. The smallest absolute Gasteiger partial charge is 0.322 e. The predicted molar refractivity (Wildman–Crippen MR) is 114 cm³/mol. The Kier molecular flexibility index (Phi) is 5.97. The summed E-state index contributed by atoms with van der Waals surface area (Å²) in [4.78, 5) is 29.2. The van der Waals surface area contributed by atoms with Crippen LogP contribution in [0.5, 0.6) is 11.5 Å². The molecule has 1 fully saturated rings. The number of rotatable bonds is 4. The number of carbonyl (C=O) groups is 2. The van der Waals surface area contributed by atoms with E-state index in [1.54, 1.807) is 23.1 Å². The molecule has 0 bridgehead atoms. The molecule has 0 aliphatic carbocycles. The highest BCUT2D eigenvalue weighted by molar-refractivity contribution is 5.95. The monoisotopic (exact) mass is 427 g/mol. The second-order valence-electron chi connectivity index (χ2n) is 7.78. The molecule has 1 N–H and O–H groups in total. The molecule has 2 aromatic rings. The Balaban J connectivity index is 1.50. The molecule has 2 unspecified atom stereocenters. The molecule has 0 spiro atoms. The lowest BCUT2D eigenvalue weighted by atomic mass is 9.99. The Hall–Kier alpha value is -3.29. The first-order valence-electron chi connectivity index (χ1n) is 10.3. The molecular formula is C23H26FN3O4. The zero-order chi connectivity index (χ0) is 22.0. The summed E-state index contributed by atoms with van der Waals surface area (Å²) in [5, 5.41) is 2.75. The van der Waals surface area contributed by atoms with Gasteiger partial charge in [0, 0.05) is 25.6 Å². The Morgan fingerprint density at radius 3 is 2.61 bits per heavy atom. The maximum absolute atomic E-state index is 14.3. The van der Waals surface area contributed by atoms with Gasteiger partial charge in [-0.05, 0) is 29.7 Å². The van der Waals surface area contributed by atoms with Gasteiger partial charge >= 0.3 is 6.03 Å². The molecule has 2 heterocycles. The first-order chi connectivity index (χ1) is 15.0. The summed E-state index contributed by atoms with van der Waals surface area (Å²) >= 11 is 0. The third kappa shape index (κ3) is 4.28. The van der Waals surface area contributed by atoms with Gasteiger partial charge in [-0.25, -0.2) is 9.18 Å². The van der Waals surface area contributed by atoms with Gasteiger partial charge in [-0.1, -0.05) is 24.3 Å². The minimum absolute atomic E-state index is 0.000351. The lowest BCUT2D eigenvalue weighted by molar-refractivity contribution is -0.136. The summed E-state index contributed by atoms with van der Waals surface area (Å²) in [6.45, 7) is 0.906. The van der Waals surface area contributed by atoms with E-state index in [1.807, 2.05) is 18.2 Å². The summed E-state index contributed by atoms with van der Waals surface area (Å²) in [6, 6.07) is 11.6. The van der Waals surface area contributed by atoms with Crippen molar-refractivity contribution in [1.82, 2.24) is 9.80 Å². The number of likely N-dealkylation sites (tertiary alicyclic amines) is 1. The summed E-state index contributed by atoms with van der Waals surface area (Å²) < 4.78 is 24.8. The maximum atomic E-state index is 14.3. The number of hydrogen-bond donors (Lipinski definition) is 1. The maximum Gasteiger partial charge on any atom is 0.322 e. The number of amides is 3. The summed E-state index contributed by atoms with van der Waals surface area (Å²) in [6.07, 6.45) is -0.496. The fourth-order valence-electron chi connectivity index (χ4n) is 4.24. The Bertz CT molecular complexity index is 983. The van der Waals surface area contributed by atoms with Crippen molar-refractivity contribution < 1.29 is 23.5 Å². The number of fused-ring (bicyclic) bond motifs is 1. The lowest BCUT2D eigenvalue weighted by Gasteiger charge is -2.33. The summed E-state index contributed by atoms with van der Waals surface area (Å²) in [5.41, 5.74) is 2.71. The second-order valence-corrected chi connectivity index (χ2v) is 7.78. The van der Waals surface area contributed by atoms with Gasteiger partial charge in [-0.15, -0.1) is 0 Å². The number of hydrogen-bond acceptors (Lipinski definition) is 4. The number of nitrogens with one attached hydrogen (secondary N) is 1. The van der Waals surface area contributed by atoms with Crippen molar-refractivity contribution >= 4 is 17.6 Å². The molecule has 2 aliphatic rings. The molecule has 31 heavy (non-hydrogen) atoms. The van der Waals surface area contributed by atoms with Crippen LogP contribution in [0.4, 0.5) is 14.9 Å². The summed E-state index contributed by atoms with van der Waals surface area (Å²) in [5.74, 6) is 0.767. The number of methoxy groups -OCH3 is 2. The fourth-order valence-corrected chi connectivity index (χ4v) is 4.24. The number of anilines is 1. The standard InChI is InChI=1S/C23H26FN3O4/c1-30-18-7-8-21(31-2)19(12-18)25-23(29)27-14-17(24)11-20(27)22(28)26-10-9-15-5-3-4-6-16(15)13-26/h3-8,12,17,20H,9-11,13-14H2,1-2H3,(H,25,29). The van der Waals surface area contributed by atoms with E-state index in [1.165, 1.54) is 24.7 Å². The quantitative estimate of drug-likeness (QED) is 0.813. The lowest BCUT2D eigenvalue weighted by Crippen LogP contribution is -2.50. The minimum Gasteiger partial charge on any atom is -0.497 e. The molecular weight excluding hydrogens is 401 g/mol. The number of alkyl halides is 1. The van der Waals surface area contributed by atoms with Gasteiger partial charge in [0.2, 0.25) is 5.91 Å². The third-order valence-corrected chi connectivity index (χ3v) is 5.89. The number of benzene rings is 2. The van der Waals surface area contributed by atoms with Gasteiger partial charge in [-0.2, -0.15) is 0 Å². The van der Waals surface area contributed by atoms with Crippen LogP contribution in [0.3, 0.4) is 0 Å². The minimum atomic E-state index is -1.25. The normalized spacial score (nSPS) is 20.2. The number of ether oxygens (including phenoxy) is 2. The molecule has 7 nitrogen and oxygen atoms in total. The Morgan fingerprint density at radius 1 is 1.10 bits per heavy atom. The van der Waals surface area contributed by atoms with E-state index >= 15 is 0 Å². The van der Waals surface area contributed by atoms with Gasteiger partial charge in [0.1, 0.15) is 23.7 Å². The summed E-state index contributed by atoms with van der Waals surface area (Å²) in [7, 11) is 3.01. The number of nitrogens with zero attached hydrogens (tertiary/aromatic N) is 2. The van der Waals surface area contributed by atoms with Crippen LogP contribution < -0.4 is 14.8 Å². The highest BCUT2D eigenvalue weighted by Crippen LogP contribution is 2.31. The average Bonchev–Trinajstić information content (AvgIpc) is 3.20. The van der Waals surface area contributed by atoms with Crippen molar-refractivity contribution in [2.24, 2.45) is 0 Å². The van der Waals surface area contributed by atoms with E-state index < -0.39 is 18.2 Å². The predicted octanol–water partition coefficient (Wildman–Crippen LogP) is 3.23. The topological polar surface area (TPSA) is 71.1 Å². The van der Waals surface area contributed by atoms with E-state index in [0.29, 0.717) is 30.3 Å². The van der Waals surface area contributed by atoms with Gasteiger partial charge in [-0.3, -0.25) is 4.79 Å². The molecule has 2 aliphatic heterocycles. The molecule has 0 saturated carbocycles. The fraction of sp³-hybridized carbons (Fsp3) is 0.391. The van der Waals surface area contributed by atoms with Crippen LogP contribution in [0.1, 0.15) is 17.5 Å². The molecule has 164 valence electrons. The third-order valence-electron chi connectivity index (χ3n) is 5.89. The molecule has 2 atom stereocenters. The van der Waals surface area contributed by atoms with Crippen molar-refractivity contribution in [3.8, 4) is 11.5 Å². The highest BCUT2D eigenvalue weighted by atomic mass is 19.1. The Labute approximate surface area is 180 Å². The van der Waals surface area contributed by atoms with Crippen LogP contribution in [0.15, 0.2) is 42.5 Å². The molecule has 0 aromatic heterocycles. The zero-order valence-corrected chi connectivity index (χ0v) is 17.6. The van der Waals surface area contributed by atoms with Gasteiger partial charge in [0.25, 0.3) is 0 Å². The van der Waals surface area contributed by atoms with E-state index in [2.05, 4.69) is 11.4 Å². The van der Waals surface area contributed by atoms with Crippen molar-refractivity contribution in [1.29, 1.82) is 0 Å². The molecule has 0 radical (unpaired) electrons. The largest absolute Gasteiger partial charge is 0.497 e. The Morgan fingerprint density at radius 2 is 1.87 bits per heavy atom. The van der Waals surface area contributed by atoms with Crippen LogP contribution >= 0.6 is 0 Å². The van der Waals surface area contributed by atoms with Crippen molar-refractivity contribution in [3.05, 3.63) is 53.6 Å². The van der Waals surface area contributed by atoms with E-state index in [9.17, 15) is 14.0 Å². The van der Waals surface area contributed by atoms with Crippen LogP contribution in [-0.2, 0) is 17.8 Å². The van der Waals surface area contributed by atoms with E-state index in [0.717, 1.165) is 12.0 Å². The molecule has 3 amide bonds. The van der Waals surface area contributed by atoms with E-state index in [-0.39, 0.29) is 18.9 Å². The second kappa shape index (κ2) is 8.83. The van der Waals surface area contributed by atoms with Crippen molar-refractivity contribution in [2.45, 2.75) is 31.6 Å². The van der Waals surface area contributed by atoms with Crippen molar-refractivity contribution in [2.75, 3.05) is 32.6 Å². The van der Waals surface area contributed by atoms with Gasteiger partial charge in [0.05, 0.1) is 26.5 Å². The number of halogens is 1. The highest BCUT2D eigenvalue weighted by Gasteiger charge is 2.42. The molecule has 4 rings (SSSR count). The van der Waals surface area contributed by atoms with Crippen LogP contribution in [-0.4, -0.2) is 61.3 Å². The van der Waals surface area contributed by atoms with Crippen LogP contribution in [0.25, 0.3) is 0 Å². The van der Waals surface area contributed by atoms with Crippen LogP contribution in [0, 0.1) is 0 Å². The SMILES string of the molecule is COc1ccc(OC)c(NC(=O)N2CC(F)CC2C(=O)N2CCc3ccccc3C2)c1. The molecule has 1 saturated heterocycles. The first-order valence-corrected chi connectivity index (χ1v) is 10.3.